The summed E-state index contributed by atoms with van der Waals surface area (Å²) in [5.74, 6) is 1.75. The zero-order valence-corrected chi connectivity index (χ0v) is 14.9. The number of rotatable bonds is 6. The quantitative estimate of drug-likeness (QED) is 0.826. The van der Waals surface area contributed by atoms with Gasteiger partial charge in [-0.25, -0.2) is 0 Å². The van der Waals surface area contributed by atoms with Crippen molar-refractivity contribution < 1.29 is 4.74 Å². The first-order valence-corrected chi connectivity index (χ1v) is 9.16. The first-order valence-electron chi connectivity index (χ1n) is 9.16. The van der Waals surface area contributed by atoms with Crippen LogP contribution in [0.15, 0.2) is 54.6 Å². The molecule has 2 aromatic rings. The van der Waals surface area contributed by atoms with Crippen LogP contribution in [0.2, 0.25) is 0 Å². The fourth-order valence-electron chi connectivity index (χ4n) is 3.50. The highest BCUT2D eigenvalue weighted by atomic mass is 16.5. The number of benzene rings is 2. The monoisotopic (exact) mass is 323 g/mol. The van der Waals surface area contributed by atoms with Gasteiger partial charge in [-0.15, -0.1) is 0 Å². The van der Waals surface area contributed by atoms with Crippen molar-refractivity contribution in [3.8, 4) is 5.75 Å². The fourth-order valence-corrected chi connectivity index (χ4v) is 3.50. The minimum Gasteiger partial charge on any atom is -0.494 e. The summed E-state index contributed by atoms with van der Waals surface area (Å²) in [7, 11) is 0. The molecule has 3 rings (SSSR count). The van der Waals surface area contributed by atoms with E-state index in [2.05, 4.69) is 73.8 Å². The SMILES string of the molecule is CC(C)(c1ccccc1)c1ccc(OCC[C@@H]2CCCNC2)cc1. The highest BCUT2D eigenvalue weighted by Gasteiger charge is 2.22. The van der Waals surface area contributed by atoms with Crippen molar-refractivity contribution in [3.05, 3.63) is 65.7 Å². The molecule has 0 amide bonds. The van der Waals surface area contributed by atoms with Crippen LogP contribution < -0.4 is 10.1 Å². The first-order chi connectivity index (χ1) is 11.7. The van der Waals surface area contributed by atoms with Gasteiger partial charge in [0.1, 0.15) is 5.75 Å². The molecular formula is C22H29NO. The van der Waals surface area contributed by atoms with E-state index in [9.17, 15) is 0 Å². The Labute approximate surface area is 146 Å². The summed E-state index contributed by atoms with van der Waals surface area (Å²) in [6.45, 7) is 7.68. The van der Waals surface area contributed by atoms with Gasteiger partial charge >= 0.3 is 0 Å². The average molecular weight is 323 g/mol. The third kappa shape index (κ3) is 4.18. The highest BCUT2D eigenvalue weighted by Crippen LogP contribution is 2.32. The second-order valence-electron chi connectivity index (χ2n) is 7.36. The number of nitrogens with one attached hydrogen (secondary N) is 1. The number of piperidine rings is 1. The van der Waals surface area contributed by atoms with Crippen molar-refractivity contribution >= 4 is 0 Å². The van der Waals surface area contributed by atoms with E-state index in [1.54, 1.807) is 0 Å². The molecule has 0 aromatic heterocycles. The minimum absolute atomic E-state index is 0.00750. The molecule has 0 bridgehead atoms. The Hall–Kier alpha value is -1.80. The molecule has 24 heavy (non-hydrogen) atoms. The van der Waals surface area contributed by atoms with Gasteiger partial charge < -0.3 is 10.1 Å². The molecule has 1 saturated heterocycles. The Morgan fingerprint density at radius 1 is 1.00 bits per heavy atom. The van der Waals surface area contributed by atoms with E-state index in [0.29, 0.717) is 0 Å². The summed E-state index contributed by atoms with van der Waals surface area (Å²) in [4.78, 5) is 0. The van der Waals surface area contributed by atoms with E-state index < -0.39 is 0 Å². The van der Waals surface area contributed by atoms with Crippen molar-refractivity contribution in [2.75, 3.05) is 19.7 Å². The van der Waals surface area contributed by atoms with Crippen LogP contribution in [-0.4, -0.2) is 19.7 Å². The van der Waals surface area contributed by atoms with Gasteiger partial charge in [0.25, 0.3) is 0 Å². The van der Waals surface area contributed by atoms with Crippen molar-refractivity contribution in [1.82, 2.24) is 5.32 Å². The van der Waals surface area contributed by atoms with Gasteiger partial charge in [-0.3, -0.25) is 0 Å². The van der Waals surface area contributed by atoms with E-state index in [-0.39, 0.29) is 5.41 Å². The molecule has 0 radical (unpaired) electrons. The van der Waals surface area contributed by atoms with Crippen LogP contribution >= 0.6 is 0 Å². The zero-order valence-electron chi connectivity index (χ0n) is 14.9. The van der Waals surface area contributed by atoms with Crippen LogP contribution in [0.3, 0.4) is 0 Å². The maximum Gasteiger partial charge on any atom is 0.119 e. The van der Waals surface area contributed by atoms with Gasteiger partial charge in [-0.1, -0.05) is 56.3 Å². The topological polar surface area (TPSA) is 21.3 Å². The molecule has 2 aromatic carbocycles. The van der Waals surface area contributed by atoms with Crippen molar-refractivity contribution in [3.63, 3.8) is 0 Å². The molecule has 128 valence electrons. The van der Waals surface area contributed by atoms with E-state index in [4.69, 9.17) is 4.74 Å². The lowest BCUT2D eigenvalue weighted by atomic mass is 9.78. The number of hydrogen-bond acceptors (Lipinski definition) is 2. The Bertz CT molecular complexity index is 612. The van der Waals surface area contributed by atoms with Gasteiger partial charge in [0, 0.05) is 5.41 Å². The first kappa shape index (κ1) is 17.0. The lowest BCUT2D eigenvalue weighted by molar-refractivity contribution is 0.254. The van der Waals surface area contributed by atoms with Gasteiger partial charge in [0.05, 0.1) is 6.61 Å². The summed E-state index contributed by atoms with van der Waals surface area (Å²) in [5.41, 5.74) is 2.66. The predicted molar refractivity (Wildman–Crippen MR) is 101 cm³/mol. The summed E-state index contributed by atoms with van der Waals surface area (Å²) in [5, 5.41) is 3.47. The van der Waals surface area contributed by atoms with Gasteiger partial charge in [0.2, 0.25) is 0 Å². The van der Waals surface area contributed by atoms with Crippen molar-refractivity contribution in [1.29, 1.82) is 0 Å². The van der Waals surface area contributed by atoms with Crippen LogP contribution in [0, 0.1) is 5.92 Å². The smallest absolute Gasteiger partial charge is 0.119 e. The van der Waals surface area contributed by atoms with Crippen LogP contribution in [0.25, 0.3) is 0 Å². The molecule has 1 aliphatic heterocycles. The number of ether oxygens (including phenoxy) is 1. The van der Waals surface area contributed by atoms with Crippen molar-refractivity contribution in [2.24, 2.45) is 5.92 Å². The van der Waals surface area contributed by atoms with E-state index in [1.165, 1.54) is 30.5 Å². The van der Waals surface area contributed by atoms with E-state index in [1.807, 2.05) is 0 Å². The number of hydrogen-bond donors (Lipinski definition) is 1. The summed E-state index contributed by atoms with van der Waals surface area (Å²) in [6, 6.07) is 19.3. The largest absolute Gasteiger partial charge is 0.494 e. The predicted octanol–water partition coefficient (Wildman–Crippen LogP) is 4.78. The lowest BCUT2D eigenvalue weighted by Gasteiger charge is -2.26. The molecule has 1 fully saturated rings. The van der Waals surface area contributed by atoms with E-state index in [0.717, 1.165) is 31.2 Å². The molecule has 1 atom stereocenters. The van der Waals surface area contributed by atoms with Crippen molar-refractivity contribution in [2.45, 2.75) is 38.5 Å². The molecule has 0 saturated carbocycles. The molecule has 2 heteroatoms. The minimum atomic E-state index is 0.00750. The Morgan fingerprint density at radius 2 is 1.71 bits per heavy atom. The molecule has 0 unspecified atom stereocenters. The molecule has 0 aliphatic carbocycles. The molecule has 1 heterocycles. The summed E-state index contributed by atoms with van der Waals surface area (Å²) < 4.78 is 5.95. The highest BCUT2D eigenvalue weighted by molar-refractivity contribution is 5.39. The molecule has 2 nitrogen and oxygen atoms in total. The van der Waals surface area contributed by atoms with Gasteiger partial charge in [0.15, 0.2) is 0 Å². The maximum atomic E-state index is 5.95. The standard InChI is InChI=1S/C22H29NO/c1-22(2,19-8-4-3-5-9-19)20-10-12-21(13-11-20)24-16-14-18-7-6-15-23-17-18/h3-5,8-13,18,23H,6-7,14-17H2,1-2H3/t18-/m0/s1. The zero-order chi connectivity index (χ0) is 16.8. The Balaban J connectivity index is 1.57. The molecule has 1 aliphatic rings. The third-order valence-electron chi connectivity index (χ3n) is 5.27. The molecule has 1 N–H and O–H groups in total. The normalized spacial score (nSPS) is 18.3. The van der Waals surface area contributed by atoms with E-state index >= 15 is 0 Å². The van der Waals surface area contributed by atoms with Crippen LogP contribution in [-0.2, 0) is 5.41 Å². The Morgan fingerprint density at radius 3 is 2.38 bits per heavy atom. The summed E-state index contributed by atoms with van der Waals surface area (Å²) >= 11 is 0. The lowest BCUT2D eigenvalue weighted by Crippen LogP contribution is -2.30. The summed E-state index contributed by atoms with van der Waals surface area (Å²) in [6.07, 6.45) is 3.78. The maximum absolute atomic E-state index is 5.95. The molecular weight excluding hydrogens is 294 g/mol. The second kappa shape index (κ2) is 7.85. The van der Waals surface area contributed by atoms with Gasteiger partial charge in [-0.2, -0.15) is 0 Å². The van der Waals surface area contributed by atoms with Gasteiger partial charge in [-0.05, 0) is 61.5 Å². The van der Waals surface area contributed by atoms with Crippen LogP contribution in [0.4, 0.5) is 0 Å². The van der Waals surface area contributed by atoms with Crippen LogP contribution in [0.5, 0.6) is 5.75 Å². The fraction of sp³-hybridized carbons (Fsp3) is 0.455. The third-order valence-corrected chi connectivity index (χ3v) is 5.27. The second-order valence-corrected chi connectivity index (χ2v) is 7.36. The molecule has 0 spiro atoms. The van der Waals surface area contributed by atoms with Crippen LogP contribution in [0.1, 0.15) is 44.2 Å². The average Bonchev–Trinajstić information content (AvgIpc) is 2.64. The Kier molecular flexibility index (Phi) is 5.57.